The molecule has 0 aromatic carbocycles. The zero-order valence-electron chi connectivity index (χ0n) is 5.67. The summed E-state index contributed by atoms with van der Waals surface area (Å²) in [4.78, 5) is 4.03. The molecule has 0 radical (unpaired) electrons. The lowest BCUT2D eigenvalue weighted by Gasteiger charge is -1.93. The lowest BCUT2D eigenvalue weighted by atomic mass is 10.2. The smallest absolute Gasteiger partial charge is 0.0475 e. The van der Waals surface area contributed by atoms with Crippen LogP contribution in [0.4, 0.5) is 0 Å². The van der Waals surface area contributed by atoms with E-state index in [0.717, 1.165) is 11.3 Å². The lowest BCUT2D eigenvalue weighted by Crippen LogP contribution is -1.82. The Hall–Kier alpha value is -0.0800. The van der Waals surface area contributed by atoms with Gasteiger partial charge in [-0.3, -0.25) is 4.98 Å². The van der Waals surface area contributed by atoms with E-state index in [-0.39, 0.29) is 17.0 Å². The van der Waals surface area contributed by atoms with Crippen LogP contribution >= 0.6 is 28.6 Å². The third-order valence-corrected chi connectivity index (χ3v) is 1.42. The third kappa shape index (κ3) is 2.67. The predicted octanol–water partition coefficient (Wildman–Crippen LogP) is 2.71. The summed E-state index contributed by atoms with van der Waals surface area (Å²) in [6, 6.07) is 3.90. The van der Waals surface area contributed by atoms with Crippen LogP contribution in [0.3, 0.4) is 0 Å². The van der Waals surface area contributed by atoms with E-state index in [1.807, 2.05) is 19.1 Å². The first-order valence-corrected chi connectivity index (χ1v) is 3.34. The van der Waals surface area contributed by atoms with E-state index in [9.17, 15) is 0 Å². The molecule has 1 nitrogen and oxygen atoms in total. The summed E-state index contributed by atoms with van der Waals surface area (Å²) in [6.45, 7) is 1.95. The molecule has 0 unspecified atom stereocenters. The van der Waals surface area contributed by atoms with Gasteiger partial charge in [-0.05, 0) is 24.6 Å². The standard InChI is InChI=1S/C7H8ClN.BrH/c1-6-4-7(5-8)2-3-9-6;/h2-4H,5H2,1H3;1H. The average molecular weight is 223 g/mol. The van der Waals surface area contributed by atoms with Gasteiger partial charge in [-0.15, -0.1) is 28.6 Å². The van der Waals surface area contributed by atoms with Crippen molar-refractivity contribution in [3.05, 3.63) is 29.6 Å². The van der Waals surface area contributed by atoms with Gasteiger partial charge >= 0.3 is 0 Å². The van der Waals surface area contributed by atoms with Crippen LogP contribution in [0, 0.1) is 6.92 Å². The molecule has 0 saturated heterocycles. The molecule has 0 aliphatic carbocycles. The molecule has 0 amide bonds. The summed E-state index contributed by atoms with van der Waals surface area (Å²) in [7, 11) is 0. The highest BCUT2D eigenvalue weighted by Crippen LogP contribution is 2.02. The number of halogens is 2. The van der Waals surface area contributed by atoms with Gasteiger partial charge in [0.2, 0.25) is 0 Å². The van der Waals surface area contributed by atoms with Crippen LogP contribution in [-0.4, -0.2) is 4.98 Å². The van der Waals surface area contributed by atoms with E-state index < -0.39 is 0 Å². The second-order valence-corrected chi connectivity index (χ2v) is 2.21. The zero-order chi connectivity index (χ0) is 6.69. The summed E-state index contributed by atoms with van der Waals surface area (Å²) >= 11 is 5.57. The predicted molar refractivity (Wildman–Crippen MR) is 48.9 cm³/mol. The number of nitrogens with zero attached hydrogens (tertiary/aromatic N) is 1. The third-order valence-electron chi connectivity index (χ3n) is 1.12. The molecule has 1 rings (SSSR count). The lowest BCUT2D eigenvalue weighted by molar-refractivity contribution is 1.17. The molecule has 0 aliphatic rings. The zero-order valence-corrected chi connectivity index (χ0v) is 8.14. The van der Waals surface area contributed by atoms with Gasteiger partial charge in [0.1, 0.15) is 0 Å². The minimum Gasteiger partial charge on any atom is -0.262 e. The Morgan fingerprint density at radius 1 is 1.60 bits per heavy atom. The number of hydrogen-bond donors (Lipinski definition) is 0. The molecule has 10 heavy (non-hydrogen) atoms. The van der Waals surface area contributed by atoms with Gasteiger partial charge in [0, 0.05) is 17.8 Å². The number of aryl methyl sites for hydroxylation is 1. The van der Waals surface area contributed by atoms with Crippen LogP contribution < -0.4 is 0 Å². The Kier molecular flexibility index (Phi) is 4.65. The number of aromatic nitrogens is 1. The molecule has 56 valence electrons. The van der Waals surface area contributed by atoms with Crippen LogP contribution in [0.15, 0.2) is 18.3 Å². The number of hydrogen-bond acceptors (Lipinski definition) is 1. The normalized spacial score (nSPS) is 8.60. The Labute approximate surface area is 76.2 Å². The first-order chi connectivity index (χ1) is 4.33. The molecule has 0 fully saturated rings. The van der Waals surface area contributed by atoms with Crippen LogP contribution in [0.2, 0.25) is 0 Å². The molecule has 1 heterocycles. The van der Waals surface area contributed by atoms with Crippen molar-refractivity contribution in [3.63, 3.8) is 0 Å². The van der Waals surface area contributed by atoms with E-state index in [2.05, 4.69) is 4.98 Å². The fourth-order valence-corrected chi connectivity index (χ4v) is 0.854. The van der Waals surface area contributed by atoms with Crippen LogP contribution in [0.25, 0.3) is 0 Å². The maximum Gasteiger partial charge on any atom is 0.0475 e. The number of rotatable bonds is 1. The Balaban J connectivity index is 0.000000810. The first kappa shape index (κ1) is 9.92. The summed E-state index contributed by atoms with van der Waals surface area (Å²) in [5.41, 5.74) is 2.15. The summed E-state index contributed by atoms with van der Waals surface area (Å²) in [5, 5.41) is 0. The molecule has 1 aromatic rings. The molecule has 1 aromatic heterocycles. The topological polar surface area (TPSA) is 12.9 Å². The monoisotopic (exact) mass is 221 g/mol. The molecule has 3 heteroatoms. The van der Waals surface area contributed by atoms with Gasteiger partial charge in [-0.1, -0.05) is 0 Å². The minimum absolute atomic E-state index is 0. The molecule has 0 spiro atoms. The van der Waals surface area contributed by atoms with Gasteiger partial charge in [0.25, 0.3) is 0 Å². The highest BCUT2D eigenvalue weighted by atomic mass is 79.9. The van der Waals surface area contributed by atoms with Crippen molar-refractivity contribution >= 4 is 28.6 Å². The fourth-order valence-electron chi connectivity index (χ4n) is 0.687. The van der Waals surface area contributed by atoms with Crippen molar-refractivity contribution in [1.29, 1.82) is 0 Å². The Morgan fingerprint density at radius 2 is 2.30 bits per heavy atom. The van der Waals surface area contributed by atoms with Crippen molar-refractivity contribution in [3.8, 4) is 0 Å². The largest absolute Gasteiger partial charge is 0.262 e. The van der Waals surface area contributed by atoms with E-state index in [0.29, 0.717) is 5.88 Å². The number of pyridine rings is 1. The first-order valence-electron chi connectivity index (χ1n) is 2.80. The maximum atomic E-state index is 5.57. The van der Waals surface area contributed by atoms with E-state index in [1.54, 1.807) is 6.20 Å². The second-order valence-electron chi connectivity index (χ2n) is 1.94. The molecule has 0 atom stereocenters. The molecular formula is C7H9BrClN. The van der Waals surface area contributed by atoms with Gasteiger partial charge in [0.05, 0.1) is 0 Å². The number of alkyl halides is 1. The van der Waals surface area contributed by atoms with Crippen LogP contribution in [-0.2, 0) is 5.88 Å². The average Bonchev–Trinajstić information content (AvgIpc) is 1.88. The molecule has 0 N–H and O–H groups in total. The SMILES string of the molecule is Br.Cc1cc(CCl)ccn1. The van der Waals surface area contributed by atoms with Gasteiger partial charge in [-0.2, -0.15) is 0 Å². The van der Waals surface area contributed by atoms with Crippen molar-refractivity contribution < 1.29 is 0 Å². The molecule has 0 bridgehead atoms. The fraction of sp³-hybridized carbons (Fsp3) is 0.286. The second kappa shape index (κ2) is 4.69. The molecule has 0 aliphatic heterocycles. The summed E-state index contributed by atoms with van der Waals surface area (Å²) in [5.74, 6) is 0.573. The van der Waals surface area contributed by atoms with Crippen molar-refractivity contribution in [1.82, 2.24) is 4.98 Å². The quantitative estimate of drug-likeness (QED) is 0.666. The molecular weight excluding hydrogens is 213 g/mol. The molecule has 0 saturated carbocycles. The summed E-state index contributed by atoms with van der Waals surface area (Å²) in [6.07, 6.45) is 1.77. The Bertz CT molecular complexity index is 203. The van der Waals surface area contributed by atoms with E-state index >= 15 is 0 Å². The van der Waals surface area contributed by atoms with Crippen LogP contribution in [0.1, 0.15) is 11.3 Å². The van der Waals surface area contributed by atoms with Gasteiger partial charge in [-0.25, -0.2) is 0 Å². The highest BCUT2D eigenvalue weighted by molar-refractivity contribution is 8.93. The summed E-state index contributed by atoms with van der Waals surface area (Å²) < 4.78 is 0. The van der Waals surface area contributed by atoms with E-state index in [4.69, 9.17) is 11.6 Å². The highest BCUT2D eigenvalue weighted by Gasteiger charge is 1.88. The van der Waals surface area contributed by atoms with Crippen molar-refractivity contribution in [2.24, 2.45) is 0 Å². The maximum absolute atomic E-state index is 5.57. The van der Waals surface area contributed by atoms with E-state index in [1.165, 1.54) is 0 Å². The Morgan fingerprint density at radius 3 is 2.70 bits per heavy atom. The van der Waals surface area contributed by atoms with Crippen LogP contribution in [0.5, 0.6) is 0 Å². The van der Waals surface area contributed by atoms with Crippen molar-refractivity contribution in [2.45, 2.75) is 12.8 Å². The van der Waals surface area contributed by atoms with Crippen molar-refractivity contribution in [2.75, 3.05) is 0 Å². The minimum atomic E-state index is 0. The van der Waals surface area contributed by atoms with Gasteiger partial charge in [0.15, 0.2) is 0 Å². The van der Waals surface area contributed by atoms with Gasteiger partial charge < -0.3 is 0 Å².